The topological polar surface area (TPSA) is 47.6 Å². The van der Waals surface area contributed by atoms with E-state index in [1.54, 1.807) is 0 Å². The number of rotatable bonds is 0. The van der Waals surface area contributed by atoms with Crippen LogP contribution in [0.4, 0.5) is 0 Å². The van der Waals surface area contributed by atoms with E-state index in [0.29, 0.717) is 12.1 Å². The van der Waals surface area contributed by atoms with Crippen molar-refractivity contribution in [1.82, 2.24) is 0 Å². The third kappa shape index (κ3) is 9.49. The van der Waals surface area contributed by atoms with Crippen LogP contribution in [-0.4, -0.2) is 12.1 Å². The van der Waals surface area contributed by atoms with Gasteiger partial charge in [-0.15, -0.1) is 12.1 Å². The first-order valence-corrected chi connectivity index (χ1v) is 10.1. The molecule has 5 heteroatoms. The number of hydrogen-bond donors (Lipinski definition) is 0. The Hall–Kier alpha value is 1.19. The summed E-state index contributed by atoms with van der Waals surface area (Å²) in [5.74, 6) is 0. The third-order valence-corrected chi connectivity index (χ3v) is 2.21. The van der Waals surface area contributed by atoms with Gasteiger partial charge >= 0.3 is 35.3 Å². The maximum absolute atomic E-state index is 6.91. The molecule has 0 amide bonds. The summed E-state index contributed by atoms with van der Waals surface area (Å²) in [5.41, 5.74) is 13.8. The van der Waals surface area contributed by atoms with Crippen LogP contribution in [0.5, 0.6) is 0 Å². The van der Waals surface area contributed by atoms with E-state index < -0.39 is 16.5 Å². The van der Waals surface area contributed by atoms with Crippen LogP contribution in [0.25, 0.3) is 11.5 Å². The van der Waals surface area contributed by atoms with E-state index >= 15 is 0 Å². The molecule has 82 valence electrons. The Morgan fingerprint density at radius 1 is 0.846 bits per heavy atom. The fourth-order valence-corrected chi connectivity index (χ4v) is 0.816. The summed E-state index contributed by atoms with van der Waals surface area (Å²) in [5, 5.41) is 0. The SMILES string of the molecule is [Cl][Pt+2][Cl].[NH-]C1CCC1.[NH-]C1CCC1. The summed E-state index contributed by atoms with van der Waals surface area (Å²) in [6, 6.07) is 0.630. The van der Waals surface area contributed by atoms with Crippen molar-refractivity contribution in [3.05, 3.63) is 11.5 Å². The molecule has 0 atom stereocenters. The maximum Gasteiger partial charge on any atom is -0.0561 e. The summed E-state index contributed by atoms with van der Waals surface area (Å²) < 4.78 is 0. The van der Waals surface area contributed by atoms with Gasteiger partial charge in [-0.05, 0) is 0 Å². The molecular weight excluding hydrogens is 390 g/mol. The quantitative estimate of drug-likeness (QED) is 0.567. The van der Waals surface area contributed by atoms with Gasteiger partial charge in [0.1, 0.15) is 0 Å². The molecule has 0 aromatic carbocycles. The molecule has 2 fully saturated rings. The van der Waals surface area contributed by atoms with Crippen molar-refractivity contribution in [3.8, 4) is 0 Å². The van der Waals surface area contributed by atoms with Crippen LogP contribution in [0, 0.1) is 0 Å². The van der Waals surface area contributed by atoms with Gasteiger partial charge in [0, 0.05) is 0 Å². The first-order chi connectivity index (χ1) is 6.20. The molecule has 0 heterocycles. The maximum atomic E-state index is 6.91. The van der Waals surface area contributed by atoms with Gasteiger partial charge in [-0.2, -0.15) is 0 Å². The Morgan fingerprint density at radius 2 is 1.00 bits per heavy atom. The Balaban J connectivity index is 0.000000174. The molecule has 0 aliphatic heterocycles. The van der Waals surface area contributed by atoms with E-state index in [9.17, 15) is 0 Å². The van der Waals surface area contributed by atoms with Crippen LogP contribution < -0.4 is 0 Å². The fraction of sp³-hybridized carbons (Fsp3) is 1.00. The Bertz CT molecular complexity index is 96.3. The smallest absolute Gasteiger partial charge is 0.0561 e. The second kappa shape index (κ2) is 9.73. The van der Waals surface area contributed by atoms with Crippen LogP contribution in [-0.2, 0) is 16.5 Å². The number of hydrogen-bond acceptors (Lipinski definition) is 0. The van der Waals surface area contributed by atoms with Crippen molar-refractivity contribution >= 4 is 18.8 Å². The summed E-state index contributed by atoms with van der Waals surface area (Å²) in [7, 11) is 9.75. The van der Waals surface area contributed by atoms with Gasteiger partial charge in [0.15, 0.2) is 0 Å². The van der Waals surface area contributed by atoms with Crippen LogP contribution in [0.1, 0.15) is 38.5 Å². The van der Waals surface area contributed by atoms with Crippen LogP contribution >= 0.6 is 18.8 Å². The first kappa shape index (κ1) is 14.2. The molecule has 0 aromatic rings. The molecular formula is C8H16Cl2N2Pt. The Labute approximate surface area is 97.1 Å². The molecule has 2 N–H and O–H groups in total. The molecule has 0 unspecified atom stereocenters. The van der Waals surface area contributed by atoms with Crippen LogP contribution in [0.2, 0.25) is 0 Å². The predicted molar refractivity (Wildman–Crippen MR) is 55.6 cm³/mol. The molecule has 2 aliphatic rings. The van der Waals surface area contributed by atoms with Gasteiger partial charge in [-0.1, -0.05) is 38.5 Å². The molecule has 13 heavy (non-hydrogen) atoms. The van der Waals surface area contributed by atoms with E-state index in [1.807, 2.05) is 0 Å². The largest absolute Gasteiger partial charge is 0.675 e. The third-order valence-electron chi connectivity index (χ3n) is 2.21. The Kier molecular flexibility index (Phi) is 10.6. The second-order valence-corrected chi connectivity index (χ2v) is 6.58. The molecule has 2 rings (SSSR count). The van der Waals surface area contributed by atoms with Crippen molar-refractivity contribution in [2.75, 3.05) is 0 Å². The zero-order chi connectivity index (χ0) is 10.1. The molecule has 0 spiro atoms. The van der Waals surface area contributed by atoms with Crippen LogP contribution in [0.3, 0.4) is 0 Å². The number of halogens is 2. The van der Waals surface area contributed by atoms with Gasteiger partial charge in [-0.25, -0.2) is 0 Å². The van der Waals surface area contributed by atoms with E-state index in [4.69, 9.17) is 30.3 Å². The molecule has 2 saturated carbocycles. The van der Waals surface area contributed by atoms with Gasteiger partial charge in [-0.3, -0.25) is 0 Å². The van der Waals surface area contributed by atoms with Crippen molar-refractivity contribution in [3.63, 3.8) is 0 Å². The van der Waals surface area contributed by atoms with Crippen molar-refractivity contribution in [2.24, 2.45) is 0 Å². The minimum absolute atomic E-state index is 0.315. The molecule has 0 bridgehead atoms. The summed E-state index contributed by atoms with van der Waals surface area (Å²) in [6.07, 6.45) is 7.21. The minimum Gasteiger partial charge on any atom is -0.675 e. The first-order valence-electron chi connectivity index (χ1n) is 4.45. The fourth-order valence-electron chi connectivity index (χ4n) is 0.816. The summed E-state index contributed by atoms with van der Waals surface area (Å²) in [4.78, 5) is 0. The molecule has 0 aromatic heterocycles. The summed E-state index contributed by atoms with van der Waals surface area (Å²) in [6.45, 7) is 0. The molecule has 0 radical (unpaired) electrons. The number of nitrogens with one attached hydrogen (secondary N) is 2. The summed E-state index contributed by atoms with van der Waals surface area (Å²) >= 11 is -0.472. The van der Waals surface area contributed by atoms with E-state index in [1.165, 1.54) is 12.8 Å². The van der Waals surface area contributed by atoms with Gasteiger partial charge in [0.25, 0.3) is 0 Å². The van der Waals surface area contributed by atoms with Gasteiger partial charge < -0.3 is 11.5 Å². The van der Waals surface area contributed by atoms with Gasteiger partial charge in [0.2, 0.25) is 0 Å². The van der Waals surface area contributed by atoms with Crippen molar-refractivity contribution < 1.29 is 16.5 Å². The van der Waals surface area contributed by atoms with Crippen molar-refractivity contribution in [1.29, 1.82) is 0 Å². The standard InChI is InChI=1S/2C4H8N.2ClH.Pt/c2*5-4-2-1-3-4;;;/h2*4-5H,1-3H2;2*1H;/q2*-1;;;+4/p-2. The normalized spacial score (nSPS) is 21.5. The van der Waals surface area contributed by atoms with Crippen molar-refractivity contribution in [2.45, 2.75) is 50.6 Å². The van der Waals surface area contributed by atoms with Crippen LogP contribution in [0.15, 0.2) is 0 Å². The second-order valence-electron chi connectivity index (χ2n) is 3.30. The Morgan fingerprint density at radius 3 is 1.00 bits per heavy atom. The predicted octanol–water partition coefficient (Wildman–Crippen LogP) is 4.56. The molecule has 2 aliphatic carbocycles. The zero-order valence-electron chi connectivity index (χ0n) is 7.47. The minimum atomic E-state index is -0.472. The average Bonchev–Trinajstić information content (AvgIpc) is 2.00. The zero-order valence-corrected chi connectivity index (χ0v) is 11.3. The van der Waals surface area contributed by atoms with E-state index in [0.717, 1.165) is 25.7 Å². The van der Waals surface area contributed by atoms with E-state index in [2.05, 4.69) is 0 Å². The monoisotopic (exact) mass is 405 g/mol. The molecule has 2 nitrogen and oxygen atoms in total. The van der Waals surface area contributed by atoms with E-state index in [-0.39, 0.29) is 0 Å². The average molecular weight is 406 g/mol. The molecule has 0 saturated heterocycles. The van der Waals surface area contributed by atoms with Gasteiger partial charge in [0.05, 0.1) is 0 Å².